The standard InChI is InChI=1S/C42H57N3O3Si.2C26H39N3O3.C21H31N3O2.2ClH/c1-42(2,3)49(35-12-8-6-9-13-35,36-14-10-7-11-15-36)47-30-34-26-33(34)27-45-24-22-31(23-25-45)18-20-39-37-19-21-40(46-29-32-16-17-32)38(28-44(4)5)41(37)48-43-39;2*1-28(2)15-23-25(31-17-19-3-4-19)8-6-22-24(27-32-26(22)23)7-5-18-9-11-29(12-10-18)14-20-13-21(20)16-30;1-24(2)13-18-20(25-14-16-3-4-16)8-6-17-19(23-26-21(17)18)7-5-15-9-11-22-12-10-15;;/h6-15,19,21,31-34H,16-18,20,22-30H2,1-5H3;2*6,8,18-21,30H,3-5,7,9-17H2,1-2H3;6,8,15-16,22H,3-5,7,9-14H2,1-2H3;2*1H/t33-,34-;2*20-,21-;;;/m111.../s1. The lowest BCUT2D eigenvalue weighted by Gasteiger charge is -2.43. The number of hydrogen-bond acceptors (Lipinski definition) is 23. The lowest BCUT2D eigenvalue weighted by Crippen LogP contribution is -2.66. The van der Waals surface area contributed by atoms with Crippen LogP contribution in [-0.2, 0) is 56.3 Å². The van der Waals surface area contributed by atoms with Crippen LogP contribution in [-0.4, -0.2) is 248 Å². The molecule has 4 saturated heterocycles. The van der Waals surface area contributed by atoms with Crippen LogP contribution in [0.15, 0.2) is 127 Å². The smallest absolute Gasteiger partial charge is 0.261 e. The third kappa shape index (κ3) is 29.0. The van der Waals surface area contributed by atoms with Crippen molar-refractivity contribution >= 4 is 87.4 Å². The van der Waals surface area contributed by atoms with E-state index in [2.05, 4.69) is 247 Å². The van der Waals surface area contributed by atoms with E-state index in [1.54, 1.807) is 0 Å². The summed E-state index contributed by atoms with van der Waals surface area (Å²) in [5, 5.41) is 47.4. The molecule has 772 valence electrons. The molecule has 0 spiro atoms. The lowest BCUT2D eigenvalue weighted by atomic mass is 9.91. The quantitative estimate of drug-likeness (QED) is 0.0302. The molecule has 7 saturated carbocycles. The molecule has 6 atom stereocenters. The fraction of sp³-hybridized carbons (Fsp3) is 0.652. The van der Waals surface area contributed by atoms with Crippen LogP contribution in [0.25, 0.3) is 43.9 Å². The summed E-state index contributed by atoms with van der Waals surface area (Å²) in [5.41, 5.74) is 12.5. The Morgan fingerprint density at radius 3 is 0.865 bits per heavy atom. The fourth-order valence-corrected chi connectivity index (χ4v) is 27.2. The normalized spacial score (nSPS) is 21.8. The number of benzene rings is 6. The second-order valence-corrected chi connectivity index (χ2v) is 50.7. The molecular formula is C115H168Cl2N12O11Si. The van der Waals surface area contributed by atoms with Crippen molar-refractivity contribution in [2.24, 2.45) is 82.9 Å². The average Bonchev–Trinajstić information content (AvgIpc) is 1.69. The van der Waals surface area contributed by atoms with E-state index in [1.165, 1.54) is 217 Å². The van der Waals surface area contributed by atoms with Gasteiger partial charge >= 0.3 is 0 Å². The molecule has 0 radical (unpaired) electrons. The number of aryl methyl sites for hydroxylation is 4. The van der Waals surface area contributed by atoms with Gasteiger partial charge in [0.1, 0.15) is 23.0 Å². The summed E-state index contributed by atoms with van der Waals surface area (Å²) in [6, 6.07) is 39.3. The first-order chi connectivity index (χ1) is 67.6. The van der Waals surface area contributed by atoms with Crippen LogP contribution in [0.5, 0.6) is 23.0 Å². The Morgan fingerprint density at radius 1 is 0.340 bits per heavy atom. The maximum atomic E-state index is 9.27. The molecule has 21 rings (SSSR count). The van der Waals surface area contributed by atoms with Crippen molar-refractivity contribution in [2.75, 3.05) is 175 Å². The molecule has 7 aliphatic carbocycles. The van der Waals surface area contributed by atoms with Crippen molar-refractivity contribution in [1.82, 2.24) is 60.2 Å². The number of aliphatic hydroxyl groups excluding tert-OH is 2. The average molecular weight is 1990 g/mol. The van der Waals surface area contributed by atoms with Gasteiger partial charge in [-0.1, -0.05) is 102 Å². The Bertz CT molecular complexity index is 5320. The van der Waals surface area contributed by atoms with E-state index in [0.29, 0.717) is 31.0 Å². The number of hydrogen-bond donors (Lipinski definition) is 3. The van der Waals surface area contributed by atoms with E-state index in [1.807, 2.05) is 0 Å². The minimum absolute atomic E-state index is 0. The van der Waals surface area contributed by atoms with Crippen LogP contribution >= 0.6 is 24.8 Å². The highest BCUT2D eigenvalue weighted by Gasteiger charge is 2.52. The highest BCUT2D eigenvalue weighted by molar-refractivity contribution is 6.99. The van der Waals surface area contributed by atoms with Gasteiger partial charge in [-0.15, -0.1) is 24.8 Å². The molecular weight excluding hydrogens is 1820 g/mol. The predicted octanol–water partition coefficient (Wildman–Crippen LogP) is 19.9. The first-order valence-corrected chi connectivity index (χ1v) is 56.1. The van der Waals surface area contributed by atoms with Gasteiger partial charge in [0, 0.05) is 87.2 Å². The summed E-state index contributed by atoms with van der Waals surface area (Å²) >= 11 is 0. The number of piperidine rings is 4. The second-order valence-electron chi connectivity index (χ2n) is 46.3. The molecule has 141 heavy (non-hydrogen) atoms. The van der Waals surface area contributed by atoms with E-state index in [-0.39, 0.29) is 29.9 Å². The molecule has 26 heteroatoms. The zero-order chi connectivity index (χ0) is 96.1. The zero-order valence-corrected chi connectivity index (χ0v) is 89.6. The van der Waals surface area contributed by atoms with Crippen LogP contribution in [0, 0.1) is 82.9 Å². The van der Waals surface area contributed by atoms with Crippen LogP contribution in [0.4, 0.5) is 0 Å². The molecule has 0 unspecified atom stereocenters. The topological polar surface area (TPSA) is 225 Å². The molecule has 4 aliphatic heterocycles. The number of fused-ring (bicyclic) bond motifs is 4. The molecule has 3 N–H and O–H groups in total. The third-order valence-electron chi connectivity index (χ3n) is 32.5. The summed E-state index contributed by atoms with van der Waals surface area (Å²) in [5.74, 6) is 13.9. The van der Waals surface area contributed by atoms with Gasteiger partial charge in [0.25, 0.3) is 8.32 Å². The van der Waals surface area contributed by atoms with Gasteiger partial charge in [0.2, 0.25) is 0 Å². The lowest BCUT2D eigenvalue weighted by molar-refractivity contribution is 0.166. The molecule has 4 aromatic heterocycles. The summed E-state index contributed by atoms with van der Waals surface area (Å²) in [4.78, 5) is 16.6. The van der Waals surface area contributed by atoms with E-state index in [4.69, 9.17) is 41.5 Å². The van der Waals surface area contributed by atoms with Crippen molar-refractivity contribution in [3.63, 3.8) is 0 Å². The van der Waals surface area contributed by atoms with Crippen molar-refractivity contribution in [2.45, 2.75) is 225 Å². The SMILES string of the molecule is CN(C)Cc1c(OCC2CC2)ccc2c(CCC3CCN(C[C@H]4C[C@@H]4CO)CC3)noc12.CN(C)Cc1c(OCC2CC2)ccc2c(CCC3CCN(C[C@H]4C[C@@H]4CO)CC3)noc12.CN(C)Cc1c(OCC2CC2)ccc2c(CCC3CCN(C[C@H]4C[C@@H]4CO[Si](c4ccccc4)(c4ccccc4)C(C)(C)C)CC3)noc12.CN(C)Cc1c(OCC2CC2)ccc2c(CCC3CCNCC3)noc12.Cl.Cl. The Balaban J connectivity index is 0.000000139. The monoisotopic (exact) mass is 1990 g/mol. The number of nitrogens with zero attached hydrogens (tertiary/aromatic N) is 11. The number of likely N-dealkylation sites (tertiary alicyclic amines) is 3. The minimum Gasteiger partial charge on any atom is -0.493 e. The van der Waals surface area contributed by atoms with Gasteiger partial charge in [-0.25, -0.2) is 0 Å². The number of aromatic nitrogens is 4. The number of aliphatic hydroxyl groups is 2. The largest absolute Gasteiger partial charge is 0.493 e. The Morgan fingerprint density at radius 2 is 0.610 bits per heavy atom. The molecule has 11 fully saturated rings. The summed E-state index contributed by atoms with van der Waals surface area (Å²) < 4.78 is 55.5. The molecule has 23 nitrogen and oxygen atoms in total. The van der Waals surface area contributed by atoms with Gasteiger partial charge in [-0.2, -0.15) is 0 Å². The van der Waals surface area contributed by atoms with Gasteiger partial charge in [-0.3, -0.25) is 0 Å². The minimum atomic E-state index is -2.47. The van der Waals surface area contributed by atoms with Gasteiger partial charge in [0.15, 0.2) is 22.3 Å². The molecule has 0 amide bonds. The summed E-state index contributed by atoms with van der Waals surface area (Å²) in [6.45, 7) is 28.3. The number of nitrogens with one attached hydrogen (secondary N) is 1. The second kappa shape index (κ2) is 50.0. The van der Waals surface area contributed by atoms with E-state index in [0.717, 1.165) is 275 Å². The number of halogens is 2. The number of ether oxygens (including phenoxy) is 4. The zero-order valence-electron chi connectivity index (χ0n) is 86.9. The Kier molecular flexibility index (Phi) is 37.8. The van der Waals surface area contributed by atoms with Crippen molar-refractivity contribution in [1.29, 1.82) is 0 Å². The number of rotatable bonds is 45. The van der Waals surface area contributed by atoms with Crippen molar-refractivity contribution in [3.8, 4) is 23.0 Å². The van der Waals surface area contributed by atoms with Crippen molar-refractivity contribution in [3.05, 3.63) is 154 Å². The van der Waals surface area contributed by atoms with Gasteiger partial charge in [-0.05, 0) is 429 Å². The van der Waals surface area contributed by atoms with Gasteiger partial charge < -0.3 is 91.3 Å². The van der Waals surface area contributed by atoms with Crippen LogP contribution < -0.4 is 34.6 Å². The molecule has 10 aromatic rings. The first-order valence-electron chi connectivity index (χ1n) is 54.2. The fourth-order valence-electron chi connectivity index (χ4n) is 22.6. The van der Waals surface area contributed by atoms with Crippen molar-refractivity contribution < 1.29 is 51.7 Å². The third-order valence-corrected chi connectivity index (χ3v) is 37.5. The maximum Gasteiger partial charge on any atom is 0.261 e. The summed E-state index contributed by atoms with van der Waals surface area (Å²) in [6.07, 6.45) is 33.0. The molecule has 11 aliphatic rings. The summed E-state index contributed by atoms with van der Waals surface area (Å²) in [7, 11) is 14.2. The highest BCUT2D eigenvalue weighted by atomic mass is 35.5. The maximum absolute atomic E-state index is 9.27. The predicted molar refractivity (Wildman–Crippen MR) is 572 cm³/mol. The highest BCUT2D eigenvalue weighted by Crippen LogP contribution is 2.47. The van der Waals surface area contributed by atoms with Gasteiger partial charge in [0.05, 0.1) is 71.5 Å². The van der Waals surface area contributed by atoms with E-state index in [9.17, 15) is 10.2 Å². The van der Waals surface area contributed by atoms with Crippen LogP contribution in [0.3, 0.4) is 0 Å². The van der Waals surface area contributed by atoms with Crippen LogP contribution in [0.1, 0.15) is 213 Å². The Labute approximate surface area is 853 Å². The van der Waals surface area contributed by atoms with E-state index < -0.39 is 8.32 Å². The Hall–Kier alpha value is -7.24. The molecule has 8 heterocycles. The molecule has 6 aromatic carbocycles. The van der Waals surface area contributed by atoms with Crippen LogP contribution in [0.2, 0.25) is 5.04 Å². The van der Waals surface area contributed by atoms with E-state index >= 15 is 0 Å². The molecule has 0 bridgehead atoms. The first kappa shape index (κ1) is 107.